The Kier molecular flexibility index (Phi) is 4.05. The number of halogens is 1. The summed E-state index contributed by atoms with van der Waals surface area (Å²) < 4.78 is 5.77. The number of aromatic amines is 1. The maximum Gasteiger partial charge on any atom is 0.227 e. The number of rotatable bonds is 4. The molecule has 0 radical (unpaired) electrons. The lowest BCUT2D eigenvalue weighted by Gasteiger charge is -2.03. The van der Waals surface area contributed by atoms with Crippen LogP contribution in [0.25, 0.3) is 28.1 Å². The number of nitriles is 1. The Morgan fingerprint density at radius 3 is 3.00 bits per heavy atom. The first-order valence-electron chi connectivity index (χ1n) is 7.50. The molecule has 8 nitrogen and oxygen atoms in total. The molecule has 9 heteroatoms. The fourth-order valence-electron chi connectivity index (χ4n) is 2.34. The van der Waals surface area contributed by atoms with E-state index in [0.29, 0.717) is 22.0 Å². The van der Waals surface area contributed by atoms with Crippen molar-refractivity contribution in [2.24, 2.45) is 0 Å². The van der Waals surface area contributed by atoms with E-state index in [1.165, 1.54) is 6.20 Å². The predicted molar refractivity (Wildman–Crippen MR) is 95.8 cm³/mol. The van der Waals surface area contributed by atoms with E-state index in [1.807, 2.05) is 30.3 Å². The van der Waals surface area contributed by atoms with Gasteiger partial charge in [0.1, 0.15) is 17.2 Å². The van der Waals surface area contributed by atoms with E-state index in [9.17, 15) is 5.26 Å². The zero-order chi connectivity index (χ0) is 17.9. The second kappa shape index (κ2) is 6.66. The molecule has 2 aromatic carbocycles. The second-order valence-corrected chi connectivity index (χ2v) is 5.70. The van der Waals surface area contributed by atoms with Crippen molar-refractivity contribution in [3.05, 3.63) is 59.5 Å². The number of oxazole rings is 1. The molecule has 0 aliphatic carbocycles. The van der Waals surface area contributed by atoms with Crippen molar-refractivity contribution in [3.63, 3.8) is 0 Å². The van der Waals surface area contributed by atoms with Crippen molar-refractivity contribution in [1.29, 1.82) is 5.26 Å². The Morgan fingerprint density at radius 2 is 2.19 bits per heavy atom. The van der Waals surface area contributed by atoms with Gasteiger partial charge in [-0.15, -0.1) is 10.2 Å². The zero-order valence-electron chi connectivity index (χ0n) is 13.1. The number of tetrazole rings is 1. The highest BCUT2D eigenvalue weighted by Gasteiger charge is 2.10. The second-order valence-electron chi connectivity index (χ2n) is 5.26. The minimum absolute atomic E-state index is 0.215. The summed E-state index contributed by atoms with van der Waals surface area (Å²) in [5.74, 6) is 0.695. The molecular formula is C17H10ClN7O. The lowest BCUT2D eigenvalue weighted by molar-refractivity contribution is 0.620. The van der Waals surface area contributed by atoms with Crippen LogP contribution in [-0.2, 0) is 0 Å². The molecule has 2 heterocycles. The Labute approximate surface area is 152 Å². The molecule has 0 unspecified atom stereocenters. The number of nitrogens with zero attached hydrogens (tertiary/aromatic N) is 5. The summed E-state index contributed by atoms with van der Waals surface area (Å²) in [6.07, 6.45) is 1.51. The van der Waals surface area contributed by atoms with Gasteiger partial charge >= 0.3 is 0 Å². The monoisotopic (exact) mass is 363 g/mol. The van der Waals surface area contributed by atoms with Crippen LogP contribution in [0.3, 0.4) is 0 Å². The van der Waals surface area contributed by atoms with Crippen molar-refractivity contribution >= 4 is 34.0 Å². The maximum absolute atomic E-state index is 9.20. The standard InChI is InChI=1S/C17H10ClN7O/c18-12-4-5-15-14(7-12)21-17(26-15)10-2-1-3-13(6-10)20-9-11(8-19)16-22-24-25-23-16/h1-7,9,20H,(H,22,23,24,25). The predicted octanol–water partition coefficient (Wildman–Crippen LogP) is 3.64. The fraction of sp³-hybridized carbons (Fsp3) is 0. The van der Waals surface area contributed by atoms with Crippen LogP contribution in [0.5, 0.6) is 0 Å². The van der Waals surface area contributed by atoms with Gasteiger partial charge in [0.25, 0.3) is 0 Å². The van der Waals surface area contributed by atoms with Gasteiger partial charge in [-0.25, -0.2) is 4.98 Å². The van der Waals surface area contributed by atoms with Gasteiger partial charge in [-0.05, 0) is 41.6 Å². The van der Waals surface area contributed by atoms with E-state index >= 15 is 0 Å². The lowest BCUT2D eigenvalue weighted by Crippen LogP contribution is -1.93. The van der Waals surface area contributed by atoms with Crippen LogP contribution in [0.1, 0.15) is 5.82 Å². The summed E-state index contributed by atoms with van der Waals surface area (Å²) in [6, 6.07) is 14.7. The minimum Gasteiger partial charge on any atom is -0.436 e. The van der Waals surface area contributed by atoms with Crippen LogP contribution in [0, 0.1) is 11.3 Å². The van der Waals surface area contributed by atoms with Crippen LogP contribution in [0.2, 0.25) is 5.02 Å². The quantitative estimate of drug-likeness (QED) is 0.531. The molecule has 0 bridgehead atoms. The van der Waals surface area contributed by atoms with Gasteiger partial charge in [-0.2, -0.15) is 10.5 Å². The van der Waals surface area contributed by atoms with Crippen molar-refractivity contribution < 1.29 is 4.42 Å². The van der Waals surface area contributed by atoms with Crippen molar-refractivity contribution in [2.75, 3.05) is 5.32 Å². The molecule has 0 amide bonds. The first kappa shape index (κ1) is 15.8. The average Bonchev–Trinajstić information content (AvgIpc) is 3.32. The van der Waals surface area contributed by atoms with Crippen molar-refractivity contribution in [1.82, 2.24) is 25.6 Å². The molecule has 0 atom stereocenters. The van der Waals surface area contributed by atoms with Crippen LogP contribution in [0.15, 0.2) is 53.1 Å². The van der Waals surface area contributed by atoms with Crippen LogP contribution in [-0.4, -0.2) is 25.6 Å². The van der Waals surface area contributed by atoms with Gasteiger partial charge in [-0.3, -0.25) is 0 Å². The highest BCUT2D eigenvalue weighted by atomic mass is 35.5. The van der Waals surface area contributed by atoms with E-state index < -0.39 is 0 Å². The van der Waals surface area contributed by atoms with Crippen LogP contribution >= 0.6 is 11.6 Å². The molecule has 0 aliphatic rings. The summed E-state index contributed by atoms with van der Waals surface area (Å²) >= 11 is 5.98. The Balaban J connectivity index is 1.63. The number of anilines is 1. The van der Waals surface area contributed by atoms with Gasteiger partial charge in [0.15, 0.2) is 5.58 Å². The van der Waals surface area contributed by atoms with Crippen molar-refractivity contribution in [3.8, 4) is 17.5 Å². The molecule has 126 valence electrons. The maximum atomic E-state index is 9.20. The molecule has 4 aromatic rings. The van der Waals surface area contributed by atoms with E-state index in [1.54, 1.807) is 18.2 Å². The number of aromatic nitrogens is 5. The SMILES string of the molecule is N#CC(=CNc1cccc(-c2nc3cc(Cl)ccc3o2)c1)c1nn[nH]n1. The summed E-state index contributed by atoms with van der Waals surface area (Å²) in [5, 5.41) is 26.2. The largest absolute Gasteiger partial charge is 0.436 e. The summed E-state index contributed by atoms with van der Waals surface area (Å²) in [6.45, 7) is 0. The summed E-state index contributed by atoms with van der Waals surface area (Å²) in [4.78, 5) is 4.46. The van der Waals surface area contributed by atoms with Gasteiger partial charge in [0.05, 0.1) is 0 Å². The lowest BCUT2D eigenvalue weighted by atomic mass is 10.2. The summed E-state index contributed by atoms with van der Waals surface area (Å²) in [5.41, 5.74) is 3.13. The van der Waals surface area contributed by atoms with Crippen LogP contribution in [0.4, 0.5) is 5.69 Å². The highest BCUT2D eigenvalue weighted by Crippen LogP contribution is 2.27. The number of benzene rings is 2. The third-order valence-electron chi connectivity index (χ3n) is 3.55. The molecule has 0 spiro atoms. The first-order chi connectivity index (χ1) is 12.7. The van der Waals surface area contributed by atoms with E-state index in [0.717, 1.165) is 11.3 Å². The molecule has 0 saturated carbocycles. The van der Waals surface area contributed by atoms with Gasteiger partial charge in [-0.1, -0.05) is 17.7 Å². The molecule has 2 aromatic heterocycles. The topological polar surface area (TPSA) is 116 Å². The average molecular weight is 364 g/mol. The van der Waals surface area contributed by atoms with Gasteiger partial charge in [0.2, 0.25) is 11.7 Å². The minimum atomic E-state index is 0.215. The fourth-order valence-corrected chi connectivity index (χ4v) is 2.51. The molecule has 4 rings (SSSR count). The molecule has 26 heavy (non-hydrogen) atoms. The number of nitrogens with one attached hydrogen (secondary N) is 2. The number of allylic oxidation sites excluding steroid dienone is 1. The molecule has 0 fully saturated rings. The van der Waals surface area contributed by atoms with E-state index in [-0.39, 0.29) is 11.4 Å². The van der Waals surface area contributed by atoms with E-state index in [2.05, 4.69) is 30.9 Å². The number of hydrogen-bond donors (Lipinski definition) is 2. The van der Waals surface area contributed by atoms with E-state index in [4.69, 9.17) is 16.0 Å². The molecule has 0 aliphatic heterocycles. The molecule has 2 N–H and O–H groups in total. The van der Waals surface area contributed by atoms with Gasteiger partial charge in [0, 0.05) is 22.5 Å². The van der Waals surface area contributed by atoms with Crippen molar-refractivity contribution in [2.45, 2.75) is 0 Å². The van der Waals surface area contributed by atoms with Crippen LogP contribution < -0.4 is 5.32 Å². The third-order valence-corrected chi connectivity index (χ3v) is 3.78. The number of fused-ring (bicyclic) bond motifs is 1. The molecule has 0 saturated heterocycles. The Bertz CT molecular complexity index is 1140. The molecular weight excluding hydrogens is 354 g/mol. The number of H-pyrrole nitrogens is 1. The normalized spacial score (nSPS) is 11.5. The summed E-state index contributed by atoms with van der Waals surface area (Å²) in [7, 11) is 0. The van der Waals surface area contributed by atoms with Gasteiger partial charge < -0.3 is 9.73 Å². The Hall–Kier alpha value is -3.70. The zero-order valence-corrected chi connectivity index (χ0v) is 13.9. The Morgan fingerprint density at radius 1 is 1.27 bits per heavy atom. The third kappa shape index (κ3) is 3.11. The smallest absolute Gasteiger partial charge is 0.227 e. The number of hydrogen-bond acceptors (Lipinski definition) is 7. The highest BCUT2D eigenvalue weighted by molar-refractivity contribution is 6.31. The first-order valence-corrected chi connectivity index (χ1v) is 7.88.